The highest BCUT2D eigenvalue weighted by Crippen LogP contribution is 2.08. The van der Waals surface area contributed by atoms with Crippen molar-refractivity contribution in [1.29, 1.82) is 0 Å². The van der Waals surface area contributed by atoms with Crippen molar-refractivity contribution >= 4 is 12.1 Å². The SMILES string of the molecule is CC(C)NCc1ccc(NC=O)cc1. The van der Waals surface area contributed by atoms with Gasteiger partial charge in [-0.1, -0.05) is 26.0 Å². The van der Waals surface area contributed by atoms with E-state index in [9.17, 15) is 4.79 Å². The molecule has 0 saturated heterocycles. The first kappa shape index (κ1) is 10.7. The van der Waals surface area contributed by atoms with Crippen molar-refractivity contribution in [3.63, 3.8) is 0 Å². The van der Waals surface area contributed by atoms with E-state index in [-0.39, 0.29) is 0 Å². The highest BCUT2D eigenvalue weighted by atomic mass is 16.1. The molecule has 0 spiro atoms. The van der Waals surface area contributed by atoms with Crippen LogP contribution in [-0.2, 0) is 11.3 Å². The Morgan fingerprint density at radius 1 is 1.29 bits per heavy atom. The van der Waals surface area contributed by atoms with Gasteiger partial charge in [-0.05, 0) is 17.7 Å². The predicted molar refractivity (Wildman–Crippen MR) is 58.1 cm³/mol. The van der Waals surface area contributed by atoms with Crippen LogP contribution in [0.1, 0.15) is 19.4 Å². The van der Waals surface area contributed by atoms with Gasteiger partial charge < -0.3 is 10.6 Å². The van der Waals surface area contributed by atoms with Gasteiger partial charge in [-0.3, -0.25) is 4.79 Å². The van der Waals surface area contributed by atoms with E-state index in [0.29, 0.717) is 12.5 Å². The van der Waals surface area contributed by atoms with Gasteiger partial charge in [0, 0.05) is 18.3 Å². The lowest BCUT2D eigenvalue weighted by Crippen LogP contribution is -2.21. The highest BCUT2D eigenvalue weighted by Gasteiger charge is 1.95. The molecular weight excluding hydrogens is 176 g/mol. The van der Waals surface area contributed by atoms with E-state index in [2.05, 4.69) is 24.5 Å². The normalized spacial score (nSPS) is 10.2. The van der Waals surface area contributed by atoms with Crippen LogP contribution in [-0.4, -0.2) is 12.5 Å². The van der Waals surface area contributed by atoms with Gasteiger partial charge in [0.25, 0.3) is 0 Å². The Labute approximate surface area is 84.5 Å². The quantitative estimate of drug-likeness (QED) is 0.698. The van der Waals surface area contributed by atoms with Gasteiger partial charge in [-0.15, -0.1) is 0 Å². The number of hydrogen-bond donors (Lipinski definition) is 2. The summed E-state index contributed by atoms with van der Waals surface area (Å²) >= 11 is 0. The molecule has 0 aliphatic heterocycles. The van der Waals surface area contributed by atoms with E-state index < -0.39 is 0 Å². The molecule has 76 valence electrons. The summed E-state index contributed by atoms with van der Waals surface area (Å²) in [5.41, 5.74) is 2.04. The summed E-state index contributed by atoms with van der Waals surface area (Å²) in [5.74, 6) is 0. The van der Waals surface area contributed by atoms with Crippen LogP contribution in [0.5, 0.6) is 0 Å². The number of amides is 1. The van der Waals surface area contributed by atoms with Gasteiger partial charge in [0.2, 0.25) is 6.41 Å². The van der Waals surface area contributed by atoms with E-state index in [4.69, 9.17) is 0 Å². The third-order valence-corrected chi connectivity index (χ3v) is 1.89. The molecule has 0 aliphatic carbocycles. The van der Waals surface area contributed by atoms with Gasteiger partial charge in [-0.25, -0.2) is 0 Å². The fourth-order valence-corrected chi connectivity index (χ4v) is 1.11. The Morgan fingerprint density at radius 3 is 2.43 bits per heavy atom. The van der Waals surface area contributed by atoms with Gasteiger partial charge in [0.15, 0.2) is 0 Å². The number of carbonyl (C=O) groups is 1. The molecule has 14 heavy (non-hydrogen) atoms. The van der Waals surface area contributed by atoms with E-state index >= 15 is 0 Å². The molecule has 1 aromatic carbocycles. The van der Waals surface area contributed by atoms with E-state index in [1.54, 1.807) is 0 Å². The van der Waals surface area contributed by atoms with Crippen LogP contribution in [0.3, 0.4) is 0 Å². The summed E-state index contributed by atoms with van der Waals surface area (Å²) in [6.45, 7) is 5.09. The molecular formula is C11H16N2O. The largest absolute Gasteiger partial charge is 0.329 e. The molecule has 0 atom stereocenters. The Kier molecular flexibility index (Phi) is 4.13. The second-order valence-corrected chi connectivity index (χ2v) is 3.49. The molecule has 1 aromatic rings. The van der Waals surface area contributed by atoms with Crippen LogP contribution in [0.4, 0.5) is 5.69 Å². The second-order valence-electron chi connectivity index (χ2n) is 3.49. The summed E-state index contributed by atoms with van der Waals surface area (Å²) in [7, 11) is 0. The number of carbonyl (C=O) groups excluding carboxylic acids is 1. The summed E-state index contributed by atoms with van der Waals surface area (Å²) in [6.07, 6.45) is 0.682. The zero-order valence-electron chi connectivity index (χ0n) is 8.58. The van der Waals surface area contributed by atoms with Crippen molar-refractivity contribution in [1.82, 2.24) is 5.32 Å². The zero-order valence-corrected chi connectivity index (χ0v) is 8.58. The summed E-state index contributed by atoms with van der Waals surface area (Å²) < 4.78 is 0. The molecule has 0 aromatic heterocycles. The van der Waals surface area contributed by atoms with Crippen LogP contribution < -0.4 is 10.6 Å². The predicted octanol–water partition coefficient (Wildman–Crippen LogP) is 1.75. The molecule has 0 fully saturated rings. The maximum atomic E-state index is 10.2. The number of benzene rings is 1. The van der Waals surface area contributed by atoms with Crippen molar-refractivity contribution in [3.05, 3.63) is 29.8 Å². The smallest absolute Gasteiger partial charge is 0.211 e. The molecule has 0 radical (unpaired) electrons. The first-order chi connectivity index (χ1) is 6.72. The van der Waals surface area contributed by atoms with Crippen molar-refractivity contribution in [3.8, 4) is 0 Å². The molecule has 3 nitrogen and oxygen atoms in total. The van der Waals surface area contributed by atoms with Gasteiger partial charge in [-0.2, -0.15) is 0 Å². The molecule has 1 rings (SSSR count). The van der Waals surface area contributed by atoms with Crippen LogP contribution in [0.15, 0.2) is 24.3 Å². The minimum atomic E-state index is 0.489. The fraction of sp³-hybridized carbons (Fsp3) is 0.364. The van der Waals surface area contributed by atoms with Crippen LogP contribution in [0.25, 0.3) is 0 Å². The Hall–Kier alpha value is -1.35. The molecule has 1 amide bonds. The maximum Gasteiger partial charge on any atom is 0.211 e. The first-order valence-corrected chi connectivity index (χ1v) is 4.75. The average Bonchev–Trinajstić information content (AvgIpc) is 2.17. The van der Waals surface area contributed by atoms with Crippen molar-refractivity contribution in [2.75, 3.05) is 5.32 Å². The minimum absolute atomic E-state index is 0.489. The van der Waals surface area contributed by atoms with E-state index in [1.165, 1.54) is 5.56 Å². The number of hydrogen-bond acceptors (Lipinski definition) is 2. The average molecular weight is 192 g/mol. The lowest BCUT2D eigenvalue weighted by atomic mass is 10.2. The third-order valence-electron chi connectivity index (χ3n) is 1.89. The number of rotatable bonds is 5. The molecule has 0 aliphatic rings. The van der Waals surface area contributed by atoms with Crippen molar-refractivity contribution in [2.24, 2.45) is 0 Å². The Morgan fingerprint density at radius 2 is 1.93 bits per heavy atom. The van der Waals surface area contributed by atoms with E-state index in [1.807, 2.05) is 24.3 Å². The van der Waals surface area contributed by atoms with Gasteiger partial charge in [0.1, 0.15) is 0 Å². The summed E-state index contributed by atoms with van der Waals surface area (Å²) in [4.78, 5) is 10.2. The molecule has 3 heteroatoms. The lowest BCUT2D eigenvalue weighted by molar-refractivity contribution is -0.105. The monoisotopic (exact) mass is 192 g/mol. The maximum absolute atomic E-state index is 10.2. The molecule has 0 heterocycles. The van der Waals surface area contributed by atoms with Gasteiger partial charge >= 0.3 is 0 Å². The lowest BCUT2D eigenvalue weighted by Gasteiger charge is -2.08. The number of anilines is 1. The van der Waals surface area contributed by atoms with Crippen LogP contribution in [0, 0.1) is 0 Å². The molecule has 0 saturated carbocycles. The van der Waals surface area contributed by atoms with Crippen molar-refractivity contribution < 1.29 is 4.79 Å². The third kappa shape index (κ3) is 3.58. The minimum Gasteiger partial charge on any atom is -0.329 e. The Balaban J connectivity index is 2.50. The van der Waals surface area contributed by atoms with Gasteiger partial charge in [0.05, 0.1) is 0 Å². The molecule has 0 unspecified atom stereocenters. The van der Waals surface area contributed by atoms with Crippen molar-refractivity contribution in [2.45, 2.75) is 26.4 Å². The van der Waals surface area contributed by atoms with Crippen LogP contribution in [0.2, 0.25) is 0 Å². The summed E-state index contributed by atoms with van der Waals surface area (Å²) in [5, 5.41) is 5.92. The van der Waals surface area contributed by atoms with E-state index in [0.717, 1.165) is 12.2 Å². The summed E-state index contributed by atoms with van der Waals surface area (Å²) in [6, 6.07) is 8.28. The second kappa shape index (κ2) is 5.40. The first-order valence-electron chi connectivity index (χ1n) is 4.75. The fourth-order valence-electron chi connectivity index (χ4n) is 1.11. The highest BCUT2D eigenvalue weighted by molar-refractivity contribution is 5.70. The molecule has 2 N–H and O–H groups in total. The zero-order chi connectivity index (χ0) is 10.4. The standard InChI is InChI=1S/C11H16N2O/c1-9(2)12-7-10-3-5-11(6-4-10)13-8-14/h3-6,8-9,12H,7H2,1-2H3,(H,13,14). The topological polar surface area (TPSA) is 41.1 Å². The Bertz CT molecular complexity index is 280. The van der Waals surface area contributed by atoms with Crippen LogP contribution >= 0.6 is 0 Å². The number of nitrogens with one attached hydrogen (secondary N) is 2. The molecule has 0 bridgehead atoms.